The van der Waals surface area contributed by atoms with Crippen molar-refractivity contribution in [3.05, 3.63) is 52.8 Å². The minimum absolute atomic E-state index is 0.0788. The van der Waals surface area contributed by atoms with Crippen LogP contribution in [0.3, 0.4) is 0 Å². The Hall–Kier alpha value is -2.74. The van der Waals surface area contributed by atoms with Crippen LogP contribution in [-0.4, -0.2) is 52.8 Å². The Bertz CT molecular complexity index is 1170. The fourth-order valence-corrected chi connectivity index (χ4v) is 6.55. The first kappa shape index (κ1) is 24.9. The lowest BCUT2D eigenvalue weighted by Crippen LogP contribution is -2.60. The average Bonchev–Trinajstić information content (AvgIpc) is 3.05. The Kier molecular flexibility index (Phi) is 6.22. The summed E-state index contributed by atoms with van der Waals surface area (Å²) in [5.41, 5.74) is 1.14. The number of rotatable bonds is 5. The first-order valence-corrected chi connectivity index (χ1v) is 12.7. The molecule has 3 saturated heterocycles. The molecule has 2 atom stereocenters. The summed E-state index contributed by atoms with van der Waals surface area (Å²) in [5.74, 6) is -2.60. The van der Waals surface area contributed by atoms with Crippen molar-refractivity contribution in [3.63, 3.8) is 0 Å². The maximum Gasteiger partial charge on any atom is 0.408 e. The molecule has 194 valence electrons. The molecule has 1 aliphatic carbocycles. The highest BCUT2D eigenvalue weighted by Crippen LogP contribution is 2.52. The molecule has 8 heteroatoms. The largest absolute Gasteiger partial charge is 0.485 e. The first-order chi connectivity index (χ1) is 17.0. The summed E-state index contributed by atoms with van der Waals surface area (Å²) in [6.45, 7) is 10.0. The Morgan fingerprint density at radius 2 is 1.72 bits per heavy atom. The molecule has 5 nitrogen and oxygen atoms in total. The molecule has 3 heterocycles. The van der Waals surface area contributed by atoms with Gasteiger partial charge in [-0.1, -0.05) is 13.8 Å². The van der Waals surface area contributed by atoms with E-state index < -0.39 is 46.9 Å². The van der Waals surface area contributed by atoms with E-state index in [2.05, 4.69) is 4.90 Å². The lowest BCUT2D eigenvalue weighted by Gasteiger charge is -2.51. The molecule has 6 rings (SSSR count). The second-order valence-corrected chi connectivity index (χ2v) is 11.4. The number of carboxylic acid groups (broad SMARTS) is 1. The fraction of sp³-hybridized carbons (Fsp3) is 0.536. The van der Waals surface area contributed by atoms with Crippen LogP contribution >= 0.6 is 0 Å². The molecule has 4 aliphatic rings. The van der Waals surface area contributed by atoms with Crippen LogP contribution in [0.5, 0.6) is 5.75 Å². The van der Waals surface area contributed by atoms with Crippen LogP contribution in [0, 0.1) is 28.8 Å². The number of halogens is 3. The molecule has 3 aliphatic heterocycles. The van der Waals surface area contributed by atoms with Crippen LogP contribution in [0.1, 0.15) is 57.7 Å². The molecule has 0 unspecified atom stereocenters. The quantitative estimate of drug-likeness (QED) is 0.525. The third-order valence-electron chi connectivity index (χ3n) is 8.05. The van der Waals surface area contributed by atoms with Gasteiger partial charge in [0.2, 0.25) is 0 Å². The summed E-state index contributed by atoms with van der Waals surface area (Å²) in [6, 6.07) is 4.52. The highest BCUT2D eigenvalue weighted by atomic mass is 19.1. The molecule has 0 spiro atoms. The van der Waals surface area contributed by atoms with Crippen molar-refractivity contribution in [2.24, 2.45) is 11.3 Å². The van der Waals surface area contributed by atoms with Crippen molar-refractivity contribution in [2.75, 3.05) is 19.6 Å². The van der Waals surface area contributed by atoms with E-state index in [0.717, 1.165) is 43.6 Å². The summed E-state index contributed by atoms with van der Waals surface area (Å²) in [6.07, 6.45) is 1.06. The van der Waals surface area contributed by atoms with Crippen molar-refractivity contribution in [1.29, 1.82) is 0 Å². The SMILES string of the molecule is CC(C)Oc1c(F)cc(-c2cc3c(cc2F)[C@H](N(C(=O)O)[C@@H]2CN4CCC2CC4)C(C)(C)C3)cc1F. The average molecular weight is 503 g/mol. The molecular weight excluding hydrogens is 469 g/mol. The highest BCUT2D eigenvalue weighted by molar-refractivity contribution is 5.70. The number of piperidine rings is 3. The maximum absolute atomic E-state index is 15.5. The molecular formula is C28H33F3N2O3. The third-order valence-corrected chi connectivity index (χ3v) is 8.05. The van der Waals surface area contributed by atoms with Gasteiger partial charge in [-0.05, 0) is 98.5 Å². The van der Waals surface area contributed by atoms with E-state index in [1.807, 2.05) is 13.8 Å². The molecule has 1 amide bonds. The van der Waals surface area contributed by atoms with Gasteiger partial charge in [-0.2, -0.15) is 0 Å². The van der Waals surface area contributed by atoms with Crippen LogP contribution < -0.4 is 4.74 Å². The van der Waals surface area contributed by atoms with Gasteiger partial charge in [0, 0.05) is 12.1 Å². The number of nitrogens with zero attached hydrogens (tertiary/aromatic N) is 2. The lowest BCUT2D eigenvalue weighted by molar-refractivity contribution is -0.0267. The predicted molar refractivity (Wildman–Crippen MR) is 131 cm³/mol. The zero-order valence-electron chi connectivity index (χ0n) is 21.2. The van der Waals surface area contributed by atoms with Gasteiger partial charge >= 0.3 is 6.09 Å². The molecule has 0 saturated carbocycles. The van der Waals surface area contributed by atoms with Crippen molar-refractivity contribution in [1.82, 2.24) is 9.80 Å². The van der Waals surface area contributed by atoms with Crippen molar-refractivity contribution in [3.8, 4) is 16.9 Å². The summed E-state index contributed by atoms with van der Waals surface area (Å²) >= 11 is 0. The van der Waals surface area contributed by atoms with Gasteiger partial charge in [0.1, 0.15) is 5.82 Å². The van der Waals surface area contributed by atoms with Crippen molar-refractivity contribution >= 4 is 6.09 Å². The zero-order valence-corrected chi connectivity index (χ0v) is 21.2. The molecule has 2 bridgehead atoms. The number of ether oxygens (including phenoxy) is 1. The smallest absolute Gasteiger partial charge is 0.408 e. The Morgan fingerprint density at radius 3 is 2.25 bits per heavy atom. The Balaban J connectivity index is 1.54. The number of benzene rings is 2. The Labute approximate surface area is 209 Å². The predicted octanol–water partition coefficient (Wildman–Crippen LogP) is 6.26. The van der Waals surface area contributed by atoms with Gasteiger partial charge in [0.15, 0.2) is 17.4 Å². The molecule has 0 aromatic heterocycles. The number of hydrogen-bond donors (Lipinski definition) is 1. The summed E-state index contributed by atoms with van der Waals surface area (Å²) in [4.78, 5) is 16.5. The summed E-state index contributed by atoms with van der Waals surface area (Å²) in [7, 11) is 0. The number of hydrogen-bond acceptors (Lipinski definition) is 3. The molecule has 0 radical (unpaired) electrons. The van der Waals surface area contributed by atoms with E-state index >= 15 is 4.39 Å². The fourth-order valence-electron chi connectivity index (χ4n) is 6.55. The second-order valence-electron chi connectivity index (χ2n) is 11.4. The van der Waals surface area contributed by atoms with Crippen molar-refractivity contribution in [2.45, 2.75) is 65.1 Å². The maximum atomic E-state index is 15.5. The first-order valence-electron chi connectivity index (χ1n) is 12.7. The minimum atomic E-state index is -0.992. The van der Waals surface area contributed by atoms with E-state index in [0.29, 0.717) is 24.4 Å². The minimum Gasteiger partial charge on any atom is -0.485 e. The van der Waals surface area contributed by atoms with Crippen LogP contribution in [0.15, 0.2) is 24.3 Å². The molecule has 2 aromatic carbocycles. The van der Waals surface area contributed by atoms with Crippen LogP contribution in [-0.2, 0) is 6.42 Å². The van der Waals surface area contributed by atoms with Crippen LogP contribution in [0.25, 0.3) is 11.1 Å². The van der Waals surface area contributed by atoms with Crippen LogP contribution in [0.4, 0.5) is 18.0 Å². The monoisotopic (exact) mass is 502 g/mol. The molecule has 36 heavy (non-hydrogen) atoms. The van der Waals surface area contributed by atoms with Gasteiger partial charge < -0.3 is 14.7 Å². The molecule has 2 aromatic rings. The molecule has 3 fully saturated rings. The van der Waals surface area contributed by atoms with E-state index in [4.69, 9.17) is 4.74 Å². The number of carbonyl (C=O) groups is 1. The van der Waals surface area contributed by atoms with E-state index in [1.165, 1.54) is 6.07 Å². The standard InChI is InChI=1S/C28H33F3N2O3/c1-15(2)36-25-22(30)10-17(11-23(25)31)19-9-18-13-28(3,4)26(20(18)12-21(19)29)33(27(34)35)24-14-32-7-5-16(24)6-8-32/h9-12,15-16,24,26H,5-8,13-14H2,1-4H3,(H,34,35)/t24-,26+/m1/s1. The molecule has 1 N–H and O–H groups in total. The Morgan fingerprint density at radius 1 is 1.08 bits per heavy atom. The van der Waals surface area contributed by atoms with E-state index in [-0.39, 0.29) is 17.2 Å². The topological polar surface area (TPSA) is 53.0 Å². The van der Waals surface area contributed by atoms with Gasteiger partial charge in [-0.15, -0.1) is 0 Å². The third kappa shape index (κ3) is 4.23. The van der Waals surface area contributed by atoms with E-state index in [1.54, 1.807) is 24.8 Å². The van der Waals surface area contributed by atoms with E-state index in [9.17, 15) is 18.7 Å². The van der Waals surface area contributed by atoms with Crippen LogP contribution in [0.2, 0.25) is 0 Å². The normalized spacial score (nSPS) is 26.2. The summed E-state index contributed by atoms with van der Waals surface area (Å²) < 4.78 is 50.1. The van der Waals surface area contributed by atoms with Gasteiger partial charge in [0.05, 0.1) is 18.2 Å². The zero-order chi connectivity index (χ0) is 25.9. The highest BCUT2D eigenvalue weighted by Gasteiger charge is 2.50. The second kappa shape index (κ2) is 8.98. The van der Waals surface area contributed by atoms with Gasteiger partial charge in [-0.3, -0.25) is 4.90 Å². The number of amides is 1. The summed E-state index contributed by atoms with van der Waals surface area (Å²) in [5, 5.41) is 10.3. The van der Waals surface area contributed by atoms with Gasteiger partial charge in [-0.25, -0.2) is 18.0 Å². The lowest BCUT2D eigenvalue weighted by atomic mass is 9.79. The van der Waals surface area contributed by atoms with Gasteiger partial charge in [0.25, 0.3) is 0 Å². The number of fused-ring (bicyclic) bond motifs is 4. The van der Waals surface area contributed by atoms with Crippen molar-refractivity contribution < 1.29 is 27.8 Å².